The van der Waals surface area contributed by atoms with E-state index in [1.807, 2.05) is 30.8 Å². The molecule has 0 aliphatic carbocycles. The number of hydrogen-bond acceptors (Lipinski definition) is 3. The quantitative estimate of drug-likeness (QED) is 0.890. The highest BCUT2D eigenvalue weighted by Crippen LogP contribution is 2.18. The summed E-state index contributed by atoms with van der Waals surface area (Å²) in [5.41, 5.74) is 1.08. The molecule has 1 atom stereocenters. The average molecular weight is 279 g/mol. The monoisotopic (exact) mass is 279 g/mol. The van der Waals surface area contributed by atoms with Gasteiger partial charge < -0.3 is 10.4 Å². The number of rotatable bonds is 4. The van der Waals surface area contributed by atoms with E-state index in [2.05, 4.69) is 5.32 Å². The number of hydrogen-bond donors (Lipinski definition) is 2. The molecule has 1 aromatic rings. The summed E-state index contributed by atoms with van der Waals surface area (Å²) in [6, 6.07) is 7.43. The SMILES string of the molecule is CC(Cc1ccc(O)cc1)C(=O)NC1CCSCC1. The van der Waals surface area contributed by atoms with E-state index < -0.39 is 0 Å². The Labute approximate surface area is 118 Å². The fourth-order valence-corrected chi connectivity index (χ4v) is 3.37. The molecular formula is C15H21NO2S. The van der Waals surface area contributed by atoms with Gasteiger partial charge in [0.25, 0.3) is 0 Å². The van der Waals surface area contributed by atoms with Crippen LogP contribution in [0.3, 0.4) is 0 Å². The van der Waals surface area contributed by atoms with Gasteiger partial charge in [-0.3, -0.25) is 4.79 Å². The Morgan fingerprint density at radius 3 is 2.63 bits per heavy atom. The number of nitrogens with one attached hydrogen (secondary N) is 1. The lowest BCUT2D eigenvalue weighted by Crippen LogP contribution is -2.40. The Kier molecular flexibility index (Phi) is 5.14. The van der Waals surface area contributed by atoms with Crippen molar-refractivity contribution in [1.82, 2.24) is 5.32 Å². The number of aromatic hydroxyl groups is 1. The number of carbonyl (C=O) groups is 1. The van der Waals surface area contributed by atoms with Crippen molar-refractivity contribution >= 4 is 17.7 Å². The summed E-state index contributed by atoms with van der Waals surface area (Å²) in [6.45, 7) is 1.96. The van der Waals surface area contributed by atoms with E-state index in [0.29, 0.717) is 12.5 Å². The Morgan fingerprint density at radius 2 is 2.00 bits per heavy atom. The molecule has 4 heteroatoms. The second kappa shape index (κ2) is 6.85. The van der Waals surface area contributed by atoms with Crippen molar-refractivity contribution in [3.63, 3.8) is 0 Å². The minimum Gasteiger partial charge on any atom is -0.508 e. The topological polar surface area (TPSA) is 49.3 Å². The van der Waals surface area contributed by atoms with Crippen LogP contribution in [0.1, 0.15) is 25.3 Å². The predicted molar refractivity (Wildman–Crippen MR) is 79.5 cm³/mol. The van der Waals surface area contributed by atoms with Crippen LogP contribution in [0.4, 0.5) is 0 Å². The van der Waals surface area contributed by atoms with Gasteiger partial charge in [0.05, 0.1) is 0 Å². The Hall–Kier alpha value is -1.16. The van der Waals surface area contributed by atoms with Gasteiger partial charge in [0, 0.05) is 12.0 Å². The summed E-state index contributed by atoms with van der Waals surface area (Å²) in [5.74, 6) is 2.68. The molecule has 0 bridgehead atoms. The Balaban J connectivity index is 1.83. The fourth-order valence-electron chi connectivity index (χ4n) is 2.26. The van der Waals surface area contributed by atoms with Crippen LogP contribution in [0.15, 0.2) is 24.3 Å². The maximum absolute atomic E-state index is 12.1. The molecule has 19 heavy (non-hydrogen) atoms. The summed E-state index contributed by atoms with van der Waals surface area (Å²) < 4.78 is 0. The molecule has 0 saturated carbocycles. The van der Waals surface area contributed by atoms with Gasteiger partial charge in [0.1, 0.15) is 5.75 Å². The van der Waals surface area contributed by atoms with Gasteiger partial charge in [-0.1, -0.05) is 19.1 Å². The summed E-state index contributed by atoms with van der Waals surface area (Å²) in [7, 11) is 0. The molecule has 2 rings (SSSR count). The first-order chi connectivity index (χ1) is 9.15. The highest BCUT2D eigenvalue weighted by molar-refractivity contribution is 7.99. The number of amides is 1. The molecule has 3 nitrogen and oxygen atoms in total. The number of benzene rings is 1. The molecule has 1 fully saturated rings. The van der Waals surface area contributed by atoms with Gasteiger partial charge in [-0.25, -0.2) is 0 Å². The third-order valence-corrected chi connectivity index (χ3v) is 4.54. The van der Waals surface area contributed by atoms with E-state index in [9.17, 15) is 9.90 Å². The maximum atomic E-state index is 12.1. The van der Waals surface area contributed by atoms with Crippen molar-refractivity contribution in [3.8, 4) is 5.75 Å². The van der Waals surface area contributed by atoms with Crippen LogP contribution in [0, 0.1) is 5.92 Å². The number of thioether (sulfide) groups is 1. The smallest absolute Gasteiger partial charge is 0.223 e. The summed E-state index contributed by atoms with van der Waals surface area (Å²) in [4.78, 5) is 12.1. The summed E-state index contributed by atoms with van der Waals surface area (Å²) in [5, 5.41) is 12.4. The third-order valence-electron chi connectivity index (χ3n) is 3.49. The maximum Gasteiger partial charge on any atom is 0.223 e. The molecule has 1 amide bonds. The normalized spacial score (nSPS) is 17.9. The predicted octanol–water partition coefficient (Wildman–Crippen LogP) is 2.58. The second-order valence-corrected chi connectivity index (χ2v) is 6.39. The van der Waals surface area contributed by atoms with E-state index in [4.69, 9.17) is 0 Å². The van der Waals surface area contributed by atoms with Gasteiger partial charge in [-0.15, -0.1) is 0 Å². The molecular weight excluding hydrogens is 258 g/mol. The minimum atomic E-state index is -0.0286. The van der Waals surface area contributed by atoms with E-state index >= 15 is 0 Å². The van der Waals surface area contributed by atoms with Crippen LogP contribution >= 0.6 is 11.8 Å². The third kappa shape index (κ3) is 4.46. The molecule has 1 aliphatic rings. The lowest BCUT2D eigenvalue weighted by atomic mass is 9.99. The zero-order valence-corrected chi connectivity index (χ0v) is 12.1. The van der Waals surface area contributed by atoms with Gasteiger partial charge in [0.15, 0.2) is 0 Å². The summed E-state index contributed by atoms with van der Waals surface area (Å²) >= 11 is 1.96. The van der Waals surface area contributed by atoms with E-state index in [0.717, 1.165) is 29.9 Å². The zero-order valence-electron chi connectivity index (χ0n) is 11.3. The van der Waals surface area contributed by atoms with Crippen molar-refractivity contribution < 1.29 is 9.90 Å². The van der Waals surface area contributed by atoms with Crippen LogP contribution in [0.25, 0.3) is 0 Å². The molecule has 1 unspecified atom stereocenters. The Morgan fingerprint density at radius 1 is 1.37 bits per heavy atom. The first-order valence-electron chi connectivity index (χ1n) is 6.81. The van der Waals surface area contributed by atoms with Crippen molar-refractivity contribution in [1.29, 1.82) is 0 Å². The molecule has 0 aromatic heterocycles. The molecule has 1 aromatic carbocycles. The van der Waals surface area contributed by atoms with Gasteiger partial charge in [-0.05, 0) is 48.5 Å². The lowest BCUT2D eigenvalue weighted by molar-refractivity contribution is -0.125. The zero-order chi connectivity index (χ0) is 13.7. The van der Waals surface area contributed by atoms with Crippen LogP contribution in [-0.2, 0) is 11.2 Å². The molecule has 1 heterocycles. The van der Waals surface area contributed by atoms with Crippen LogP contribution < -0.4 is 5.32 Å². The molecule has 0 spiro atoms. The first kappa shape index (κ1) is 14.3. The number of phenolic OH excluding ortho intramolecular Hbond substituents is 1. The highest BCUT2D eigenvalue weighted by Gasteiger charge is 2.19. The molecule has 1 saturated heterocycles. The van der Waals surface area contributed by atoms with Crippen molar-refractivity contribution in [3.05, 3.63) is 29.8 Å². The largest absolute Gasteiger partial charge is 0.508 e. The standard InChI is InChI=1S/C15H21NO2S/c1-11(10-12-2-4-14(17)5-3-12)15(18)16-13-6-8-19-9-7-13/h2-5,11,13,17H,6-10H2,1H3,(H,16,18). The minimum absolute atomic E-state index is 0.0286. The summed E-state index contributed by atoms with van der Waals surface area (Å²) in [6.07, 6.45) is 2.89. The molecule has 104 valence electrons. The van der Waals surface area contributed by atoms with Gasteiger partial charge in [0.2, 0.25) is 5.91 Å². The highest BCUT2D eigenvalue weighted by atomic mass is 32.2. The van der Waals surface area contributed by atoms with Crippen molar-refractivity contribution in [2.45, 2.75) is 32.2 Å². The van der Waals surface area contributed by atoms with Crippen molar-refractivity contribution in [2.24, 2.45) is 5.92 Å². The fraction of sp³-hybridized carbons (Fsp3) is 0.533. The molecule has 0 radical (unpaired) electrons. The van der Waals surface area contributed by atoms with E-state index in [1.165, 1.54) is 0 Å². The number of phenols is 1. The van der Waals surface area contributed by atoms with E-state index in [1.54, 1.807) is 12.1 Å². The molecule has 2 N–H and O–H groups in total. The lowest BCUT2D eigenvalue weighted by Gasteiger charge is -2.24. The van der Waals surface area contributed by atoms with E-state index in [-0.39, 0.29) is 17.6 Å². The van der Waals surface area contributed by atoms with Crippen LogP contribution in [0.2, 0.25) is 0 Å². The molecule has 1 aliphatic heterocycles. The van der Waals surface area contributed by atoms with Crippen molar-refractivity contribution in [2.75, 3.05) is 11.5 Å². The second-order valence-electron chi connectivity index (χ2n) is 5.17. The van der Waals surface area contributed by atoms with Gasteiger partial charge >= 0.3 is 0 Å². The number of carbonyl (C=O) groups excluding carboxylic acids is 1. The van der Waals surface area contributed by atoms with Crippen LogP contribution in [-0.4, -0.2) is 28.6 Å². The first-order valence-corrected chi connectivity index (χ1v) is 7.96. The Bertz CT molecular complexity index is 413. The van der Waals surface area contributed by atoms with Crippen LogP contribution in [0.5, 0.6) is 5.75 Å². The van der Waals surface area contributed by atoms with Gasteiger partial charge in [-0.2, -0.15) is 11.8 Å². The average Bonchev–Trinajstić information content (AvgIpc) is 2.42.